The van der Waals surface area contributed by atoms with E-state index in [0.717, 1.165) is 6.42 Å². The van der Waals surface area contributed by atoms with E-state index in [0.29, 0.717) is 12.1 Å². The Hall–Kier alpha value is -0.820. The fourth-order valence-electron chi connectivity index (χ4n) is 2.45. The van der Waals surface area contributed by atoms with E-state index in [1.54, 1.807) is 0 Å². The first-order chi connectivity index (χ1) is 8.52. The molecule has 0 aromatic heterocycles. The van der Waals surface area contributed by atoms with Crippen molar-refractivity contribution in [2.75, 3.05) is 0 Å². The summed E-state index contributed by atoms with van der Waals surface area (Å²) in [6, 6.07) is 7.98. The van der Waals surface area contributed by atoms with Gasteiger partial charge >= 0.3 is 0 Å². The van der Waals surface area contributed by atoms with E-state index in [1.807, 2.05) is 0 Å². The molecule has 0 radical (unpaired) electrons. The fourth-order valence-corrected chi connectivity index (χ4v) is 2.45. The highest BCUT2D eigenvalue weighted by molar-refractivity contribution is 5.31. The van der Waals surface area contributed by atoms with E-state index in [2.05, 4.69) is 58.1 Å². The van der Waals surface area contributed by atoms with Crippen molar-refractivity contribution in [1.29, 1.82) is 0 Å². The SMILES string of the molecule is CCCCC(Cc1cc(C)ccc1C)NC(C)C. The molecule has 1 aromatic rings. The van der Waals surface area contributed by atoms with Gasteiger partial charge in [0, 0.05) is 12.1 Å². The maximum Gasteiger partial charge on any atom is 0.0110 e. The Morgan fingerprint density at radius 2 is 1.89 bits per heavy atom. The number of hydrogen-bond acceptors (Lipinski definition) is 1. The van der Waals surface area contributed by atoms with Crippen molar-refractivity contribution in [3.05, 3.63) is 34.9 Å². The number of nitrogens with one attached hydrogen (secondary N) is 1. The average molecular weight is 247 g/mol. The van der Waals surface area contributed by atoms with Crippen LogP contribution in [0, 0.1) is 13.8 Å². The van der Waals surface area contributed by atoms with Gasteiger partial charge in [0.1, 0.15) is 0 Å². The summed E-state index contributed by atoms with van der Waals surface area (Å²) < 4.78 is 0. The van der Waals surface area contributed by atoms with E-state index >= 15 is 0 Å². The Bertz CT molecular complexity index is 355. The summed E-state index contributed by atoms with van der Waals surface area (Å²) >= 11 is 0. The molecule has 1 atom stereocenters. The third kappa shape index (κ3) is 5.22. The molecule has 0 spiro atoms. The van der Waals surface area contributed by atoms with Crippen LogP contribution in [-0.2, 0) is 6.42 Å². The first-order valence-electron chi connectivity index (χ1n) is 7.35. The lowest BCUT2D eigenvalue weighted by atomic mass is 9.96. The zero-order valence-corrected chi connectivity index (χ0v) is 12.7. The number of aryl methyl sites for hydroxylation is 2. The fraction of sp³-hybridized carbons (Fsp3) is 0.647. The molecule has 1 rings (SSSR count). The third-order valence-electron chi connectivity index (χ3n) is 3.45. The summed E-state index contributed by atoms with van der Waals surface area (Å²) in [5.41, 5.74) is 4.30. The molecule has 1 N–H and O–H groups in total. The van der Waals surface area contributed by atoms with E-state index in [1.165, 1.54) is 36.0 Å². The van der Waals surface area contributed by atoms with Crippen LogP contribution in [0.15, 0.2) is 18.2 Å². The van der Waals surface area contributed by atoms with Crippen LogP contribution in [-0.4, -0.2) is 12.1 Å². The van der Waals surface area contributed by atoms with Crippen LogP contribution in [0.3, 0.4) is 0 Å². The zero-order valence-electron chi connectivity index (χ0n) is 12.7. The molecule has 1 unspecified atom stereocenters. The number of benzene rings is 1. The Balaban J connectivity index is 2.71. The van der Waals surface area contributed by atoms with Crippen LogP contribution < -0.4 is 5.32 Å². The van der Waals surface area contributed by atoms with E-state index in [9.17, 15) is 0 Å². The lowest BCUT2D eigenvalue weighted by Gasteiger charge is -2.22. The second-order valence-electron chi connectivity index (χ2n) is 5.79. The van der Waals surface area contributed by atoms with Gasteiger partial charge in [-0.2, -0.15) is 0 Å². The normalized spacial score (nSPS) is 13.0. The second kappa shape index (κ2) is 7.58. The summed E-state index contributed by atoms with van der Waals surface area (Å²) in [5.74, 6) is 0. The average Bonchev–Trinajstić information content (AvgIpc) is 2.30. The van der Waals surface area contributed by atoms with Crippen LogP contribution >= 0.6 is 0 Å². The molecule has 0 aliphatic rings. The van der Waals surface area contributed by atoms with E-state index in [-0.39, 0.29) is 0 Å². The summed E-state index contributed by atoms with van der Waals surface area (Å²) in [6.07, 6.45) is 5.03. The number of unbranched alkanes of at least 4 members (excludes halogenated alkanes) is 1. The minimum Gasteiger partial charge on any atom is -0.311 e. The highest BCUT2D eigenvalue weighted by Gasteiger charge is 2.11. The molecular formula is C17H29N. The van der Waals surface area contributed by atoms with Gasteiger partial charge < -0.3 is 5.32 Å². The molecule has 0 aliphatic heterocycles. The van der Waals surface area contributed by atoms with Gasteiger partial charge in [-0.15, -0.1) is 0 Å². The molecule has 0 amide bonds. The minimum absolute atomic E-state index is 0.567. The van der Waals surface area contributed by atoms with Crippen molar-refractivity contribution in [2.45, 2.75) is 72.4 Å². The van der Waals surface area contributed by atoms with E-state index in [4.69, 9.17) is 0 Å². The maximum absolute atomic E-state index is 3.71. The maximum atomic E-state index is 3.71. The Kier molecular flexibility index (Phi) is 6.42. The molecule has 0 saturated carbocycles. The summed E-state index contributed by atoms with van der Waals surface area (Å²) in [6.45, 7) is 11.1. The third-order valence-corrected chi connectivity index (χ3v) is 3.45. The summed E-state index contributed by atoms with van der Waals surface area (Å²) in [7, 11) is 0. The van der Waals surface area contributed by atoms with Crippen LogP contribution in [0.4, 0.5) is 0 Å². The highest BCUT2D eigenvalue weighted by atomic mass is 14.9. The Morgan fingerprint density at radius 1 is 1.17 bits per heavy atom. The van der Waals surface area contributed by atoms with E-state index < -0.39 is 0 Å². The molecule has 102 valence electrons. The van der Waals surface area contributed by atoms with Gasteiger partial charge in [-0.1, -0.05) is 57.4 Å². The topological polar surface area (TPSA) is 12.0 Å². The van der Waals surface area contributed by atoms with Crippen LogP contribution in [0.2, 0.25) is 0 Å². The van der Waals surface area contributed by atoms with Crippen molar-refractivity contribution in [1.82, 2.24) is 5.32 Å². The van der Waals surface area contributed by atoms with Crippen LogP contribution in [0.25, 0.3) is 0 Å². The molecule has 1 heteroatoms. The van der Waals surface area contributed by atoms with Crippen LogP contribution in [0.1, 0.15) is 56.7 Å². The molecule has 18 heavy (non-hydrogen) atoms. The first-order valence-corrected chi connectivity index (χ1v) is 7.35. The van der Waals surface area contributed by atoms with Gasteiger partial charge in [-0.25, -0.2) is 0 Å². The standard InChI is InChI=1S/C17H29N/c1-6-7-8-17(18-13(2)3)12-16-11-14(4)9-10-15(16)5/h9-11,13,17-18H,6-8,12H2,1-5H3. The Morgan fingerprint density at radius 3 is 2.50 bits per heavy atom. The minimum atomic E-state index is 0.567. The molecule has 1 aromatic carbocycles. The van der Waals surface area contributed by atoms with Crippen molar-refractivity contribution < 1.29 is 0 Å². The summed E-state index contributed by atoms with van der Waals surface area (Å²) in [5, 5.41) is 3.71. The van der Waals surface area contributed by atoms with Crippen molar-refractivity contribution >= 4 is 0 Å². The van der Waals surface area contributed by atoms with Gasteiger partial charge in [0.05, 0.1) is 0 Å². The monoisotopic (exact) mass is 247 g/mol. The van der Waals surface area contributed by atoms with Crippen LogP contribution in [0.5, 0.6) is 0 Å². The molecule has 0 heterocycles. The largest absolute Gasteiger partial charge is 0.311 e. The predicted octanol–water partition coefficient (Wildman–Crippen LogP) is 4.40. The molecule has 0 aliphatic carbocycles. The lowest BCUT2D eigenvalue weighted by Crippen LogP contribution is -2.36. The van der Waals surface area contributed by atoms with Crippen molar-refractivity contribution in [3.8, 4) is 0 Å². The van der Waals surface area contributed by atoms with Gasteiger partial charge in [0.25, 0.3) is 0 Å². The quantitative estimate of drug-likeness (QED) is 0.753. The number of rotatable bonds is 7. The van der Waals surface area contributed by atoms with Gasteiger partial charge in [-0.05, 0) is 37.8 Å². The smallest absolute Gasteiger partial charge is 0.0110 e. The molecule has 0 bridgehead atoms. The van der Waals surface area contributed by atoms with Crippen molar-refractivity contribution in [2.24, 2.45) is 0 Å². The second-order valence-corrected chi connectivity index (χ2v) is 5.79. The van der Waals surface area contributed by atoms with Crippen molar-refractivity contribution in [3.63, 3.8) is 0 Å². The molecular weight excluding hydrogens is 218 g/mol. The van der Waals surface area contributed by atoms with Gasteiger partial charge in [-0.3, -0.25) is 0 Å². The first kappa shape index (κ1) is 15.2. The highest BCUT2D eigenvalue weighted by Crippen LogP contribution is 2.15. The zero-order chi connectivity index (χ0) is 13.5. The Labute approximate surface area is 113 Å². The molecule has 0 saturated heterocycles. The van der Waals surface area contributed by atoms with Gasteiger partial charge in [0.15, 0.2) is 0 Å². The number of hydrogen-bond donors (Lipinski definition) is 1. The lowest BCUT2D eigenvalue weighted by molar-refractivity contribution is 0.424. The van der Waals surface area contributed by atoms with Gasteiger partial charge in [0.2, 0.25) is 0 Å². The molecule has 0 fully saturated rings. The summed E-state index contributed by atoms with van der Waals surface area (Å²) in [4.78, 5) is 0. The molecule has 1 nitrogen and oxygen atoms in total. The predicted molar refractivity (Wildman–Crippen MR) is 81.2 cm³/mol.